The second kappa shape index (κ2) is 10.1. The number of aromatic nitrogens is 1. The number of likely N-dealkylation sites (N-methyl/N-ethyl adjacent to an activating group) is 1. The zero-order chi connectivity index (χ0) is 23.5. The second-order valence-electron chi connectivity index (χ2n) is 7.78. The lowest BCUT2D eigenvalue weighted by molar-refractivity contribution is -0.131. The van der Waals surface area contributed by atoms with Gasteiger partial charge in [-0.05, 0) is 57.3 Å². The van der Waals surface area contributed by atoms with Gasteiger partial charge in [-0.1, -0.05) is 36.8 Å². The number of hydrogen-bond acceptors (Lipinski definition) is 5. The molecule has 0 fully saturated rings. The average Bonchev–Trinajstić information content (AvgIpc) is 3.16. The molecule has 5 nitrogen and oxygen atoms in total. The van der Waals surface area contributed by atoms with Gasteiger partial charge in [0.1, 0.15) is 17.1 Å². The van der Waals surface area contributed by atoms with E-state index in [-0.39, 0.29) is 11.4 Å². The molecule has 0 bridgehead atoms. The van der Waals surface area contributed by atoms with E-state index in [0.29, 0.717) is 33.7 Å². The van der Waals surface area contributed by atoms with E-state index < -0.39 is 17.2 Å². The molecule has 0 aliphatic heterocycles. The maximum atomic E-state index is 14.3. The second-order valence-corrected chi connectivity index (χ2v) is 9.23. The summed E-state index contributed by atoms with van der Waals surface area (Å²) in [6.45, 7) is 9.99. The first kappa shape index (κ1) is 24.4. The van der Waals surface area contributed by atoms with Crippen LogP contribution >= 0.6 is 22.9 Å². The van der Waals surface area contributed by atoms with Crippen LogP contribution < -0.4 is 9.64 Å². The van der Waals surface area contributed by atoms with Gasteiger partial charge in [-0.25, -0.2) is 13.8 Å². The van der Waals surface area contributed by atoms with Crippen molar-refractivity contribution in [3.8, 4) is 5.75 Å². The molecular formula is C23H26ClF2N3O2S. The minimum Gasteiger partial charge on any atom is -0.478 e. The predicted octanol–water partition coefficient (Wildman–Crippen LogP) is 5.76. The first-order valence-corrected chi connectivity index (χ1v) is 11.6. The highest BCUT2D eigenvalue weighted by Gasteiger charge is 2.36. The third-order valence-electron chi connectivity index (χ3n) is 5.11. The van der Waals surface area contributed by atoms with Crippen LogP contribution in [0.3, 0.4) is 0 Å². The van der Waals surface area contributed by atoms with Crippen LogP contribution in [-0.4, -0.2) is 47.6 Å². The molecular weight excluding hydrogens is 456 g/mol. The number of rotatable bonds is 9. The van der Waals surface area contributed by atoms with Crippen molar-refractivity contribution >= 4 is 44.2 Å². The molecule has 1 heterocycles. The molecule has 3 rings (SSSR count). The number of halogens is 3. The van der Waals surface area contributed by atoms with Crippen LogP contribution in [0.4, 0.5) is 13.9 Å². The Labute approximate surface area is 195 Å². The lowest BCUT2D eigenvalue weighted by Gasteiger charge is -2.32. The number of carbonyl (C=O) groups is 1. The summed E-state index contributed by atoms with van der Waals surface area (Å²) in [7, 11) is 0. The minimum absolute atomic E-state index is 0.0449. The number of thiazole rings is 1. The van der Waals surface area contributed by atoms with Crippen LogP contribution in [0.15, 0.2) is 36.4 Å². The van der Waals surface area contributed by atoms with Crippen molar-refractivity contribution in [3.63, 3.8) is 0 Å². The van der Waals surface area contributed by atoms with Crippen LogP contribution in [0, 0.1) is 11.6 Å². The number of fused-ring (bicyclic) bond motifs is 1. The van der Waals surface area contributed by atoms with Crippen molar-refractivity contribution in [2.45, 2.75) is 33.3 Å². The number of anilines is 1. The molecule has 9 heteroatoms. The maximum absolute atomic E-state index is 14.3. The van der Waals surface area contributed by atoms with Crippen LogP contribution in [0.1, 0.15) is 27.7 Å². The molecule has 172 valence electrons. The summed E-state index contributed by atoms with van der Waals surface area (Å²) in [5, 5.41) is 0.862. The molecule has 0 unspecified atom stereocenters. The Morgan fingerprint density at radius 1 is 1.12 bits per heavy atom. The van der Waals surface area contributed by atoms with Gasteiger partial charge in [-0.3, -0.25) is 9.69 Å². The Balaban J connectivity index is 1.95. The molecule has 0 saturated carbocycles. The zero-order valence-corrected chi connectivity index (χ0v) is 20.1. The number of hydrogen-bond donors (Lipinski definition) is 0. The molecule has 1 amide bonds. The molecule has 0 radical (unpaired) electrons. The summed E-state index contributed by atoms with van der Waals surface area (Å²) >= 11 is 7.01. The fourth-order valence-electron chi connectivity index (χ4n) is 3.29. The van der Waals surface area contributed by atoms with E-state index >= 15 is 0 Å². The molecule has 1 aromatic heterocycles. The van der Waals surface area contributed by atoms with E-state index in [1.165, 1.54) is 11.0 Å². The molecule has 0 spiro atoms. The summed E-state index contributed by atoms with van der Waals surface area (Å²) in [5.41, 5.74) is -1.19. The molecule has 0 saturated heterocycles. The van der Waals surface area contributed by atoms with E-state index in [9.17, 15) is 13.6 Å². The van der Waals surface area contributed by atoms with E-state index in [2.05, 4.69) is 9.88 Å². The monoisotopic (exact) mass is 481 g/mol. The molecule has 2 aromatic carbocycles. The average molecular weight is 482 g/mol. The standard InChI is InChI=1S/C23H26ClF2N3O2S/c1-5-28(6-2)11-12-29(22-27-20-18(26)13-16(25)14-19(20)32-22)21(30)23(3,4)31-17-9-7-15(24)8-10-17/h7-10,13-14H,5-6,11-12H2,1-4H3. The van der Waals surface area contributed by atoms with Crippen molar-refractivity contribution in [1.29, 1.82) is 0 Å². The van der Waals surface area contributed by atoms with Gasteiger partial charge in [0.15, 0.2) is 16.5 Å². The third-order valence-corrected chi connectivity index (χ3v) is 6.39. The number of ether oxygens (including phenoxy) is 1. The molecule has 0 N–H and O–H groups in total. The fraction of sp³-hybridized carbons (Fsp3) is 0.391. The van der Waals surface area contributed by atoms with Gasteiger partial charge in [-0.15, -0.1) is 0 Å². The quantitative estimate of drug-likeness (QED) is 0.390. The first-order valence-electron chi connectivity index (χ1n) is 10.4. The van der Waals surface area contributed by atoms with Gasteiger partial charge in [0.05, 0.1) is 4.70 Å². The SMILES string of the molecule is CCN(CC)CCN(C(=O)C(C)(C)Oc1ccc(Cl)cc1)c1nc2c(F)cc(F)cc2s1. The number of nitrogens with zero attached hydrogens (tertiary/aromatic N) is 3. The van der Waals surface area contributed by atoms with Crippen molar-refractivity contribution in [2.75, 3.05) is 31.1 Å². The fourth-order valence-corrected chi connectivity index (χ4v) is 4.45. The highest BCUT2D eigenvalue weighted by Crippen LogP contribution is 2.33. The van der Waals surface area contributed by atoms with Gasteiger partial charge >= 0.3 is 0 Å². The van der Waals surface area contributed by atoms with Gasteiger partial charge in [-0.2, -0.15) is 0 Å². The highest BCUT2D eigenvalue weighted by molar-refractivity contribution is 7.22. The number of amides is 1. The summed E-state index contributed by atoms with van der Waals surface area (Å²) in [6.07, 6.45) is 0. The third kappa shape index (κ3) is 5.54. The Hall–Kier alpha value is -2.29. The molecule has 32 heavy (non-hydrogen) atoms. The summed E-state index contributed by atoms with van der Waals surface area (Å²) in [4.78, 5) is 21.6. The van der Waals surface area contributed by atoms with Crippen LogP contribution in [0.25, 0.3) is 10.2 Å². The summed E-state index contributed by atoms with van der Waals surface area (Å²) in [5.74, 6) is -1.28. The van der Waals surface area contributed by atoms with Crippen LogP contribution in [0.5, 0.6) is 5.75 Å². The smallest absolute Gasteiger partial charge is 0.272 e. The van der Waals surface area contributed by atoms with E-state index in [0.717, 1.165) is 30.5 Å². The lowest BCUT2D eigenvalue weighted by atomic mass is 10.1. The van der Waals surface area contributed by atoms with Gasteiger partial charge in [0.25, 0.3) is 5.91 Å². The van der Waals surface area contributed by atoms with Crippen molar-refractivity contribution in [1.82, 2.24) is 9.88 Å². The van der Waals surface area contributed by atoms with Crippen molar-refractivity contribution in [3.05, 3.63) is 53.1 Å². The molecule has 0 atom stereocenters. The zero-order valence-electron chi connectivity index (χ0n) is 18.5. The van der Waals surface area contributed by atoms with Gasteiger partial charge in [0, 0.05) is 24.2 Å². The van der Waals surface area contributed by atoms with E-state index in [1.807, 2.05) is 13.8 Å². The Morgan fingerprint density at radius 2 is 1.78 bits per heavy atom. The summed E-state index contributed by atoms with van der Waals surface area (Å²) in [6, 6.07) is 8.76. The Bertz CT molecular complexity index is 1080. The van der Waals surface area contributed by atoms with E-state index in [4.69, 9.17) is 16.3 Å². The minimum atomic E-state index is -1.24. The first-order chi connectivity index (χ1) is 15.1. The van der Waals surface area contributed by atoms with Crippen molar-refractivity contribution in [2.24, 2.45) is 0 Å². The summed E-state index contributed by atoms with van der Waals surface area (Å²) < 4.78 is 34.3. The predicted molar refractivity (Wildman–Crippen MR) is 126 cm³/mol. The van der Waals surface area contributed by atoms with Crippen LogP contribution in [-0.2, 0) is 4.79 Å². The number of benzene rings is 2. The maximum Gasteiger partial charge on any atom is 0.272 e. The largest absolute Gasteiger partial charge is 0.478 e. The highest BCUT2D eigenvalue weighted by atomic mass is 35.5. The van der Waals surface area contributed by atoms with E-state index in [1.54, 1.807) is 38.1 Å². The topological polar surface area (TPSA) is 45.7 Å². The number of carbonyl (C=O) groups excluding carboxylic acids is 1. The molecule has 0 aliphatic rings. The molecule has 3 aromatic rings. The van der Waals surface area contributed by atoms with Gasteiger partial charge < -0.3 is 9.64 Å². The Morgan fingerprint density at radius 3 is 2.41 bits per heavy atom. The normalized spacial score (nSPS) is 11.9. The molecule has 0 aliphatic carbocycles. The lowest BCUT2D eigenvalue weighted by Crippen LogP contribution is -2.51. The van der Waals surface area contributed by atoms with Gasteiger partial charge in [0.2, 0.25) is 0 Å². The van der Waals surface area contributed by atoms with Crippen LogP contribution in [0.2, 0.25) is 5.02 Å². The Kier molecular flexibility index (Phi) is 7.69. The van der Waals surface area contributed by atoms with Crippen molar-refractivity contribution < 1.29 is 18.3 Å².